The average molecular weight is 631 g/mol. The van der Waals surface area contributed by atoms with Gasteiger partial charge in [0, 0.05) is 38.1 Å². The van der Waals surface area contributed by atoms with Crippen molar-refractivity contribution in [3.63, 3.8) is 0 Å². The molecule has 2 N–H and O–H groups in total. The highest BCUT2D eigenvalue weighted by molar-refractivity contribution is 7.89. The Morgan fingerprint density at radius 1 is 1.00 bits per heavy atom. The van der Waals surface area contributed by atoms with E-state index in [0.29, 0.717) is 35.4 Å². The molecule has 44 heavy (non-hydrogen) atoms. The van der Waals surface area contributed by atoms with Crippen molar-refractivity contribution in [1.82, 2.24) is 24.2 Å². The van der Waals surface area contributed by atoms with Gasteiger partial charge in [-0.15, -0.1) is 0 Å². The first-order valence-corrected chi connectivity index (χ1v) is 15.7. The molecular formula is C30H27ClN8O4S. The number of carbonyl (C=O) groups excluding carboxylic acids is 1. The fourth-order valence-electron chi connectivity index (χ4n) is 5.08. The van der Waals surface area contributed by atoms with Crippen molar-refractivity contribution in [2.24, 2.45) is 0 Å². The van der Waals surface area contributed by atoms with E-state index in [1.165, 1.54) is 22.6 Å². The highest BCUT2D eigenvalue weighted by Gasteiger charge is 2.31. The molecule has 12 nitrogen and oxygen atoms in total. The Bertz CT molecular complexity index is 1870. The molecule has 14 heteroatoms. The summed E-state index contributed by atoms with van der Waals surface area (Å²) in [5.41, 5.74) is 3.44. The van der Waals surface area contributed by atoms with Gasteiger partial charge in [-0.2, -0.15) is 14.6 Å². The zero-order valence-corrected chi connectivity index (χ0v) is 25.0. The van der Waals surface area contributed by atoms with Crippen LogP contribution in [-0.4, -0.2) is 71.3 Å². The lowest BCUT2D eigenvalue weighted by Crippen LogP contribution is -2.51. The number of aryl methyl sites for hydroxylation is 2. The number of piperazine rings is 1. The molecule has 1 fully saturated rings. The molecule has 2 aliphatic heterocycles. The standard InChI is InChI=1S/C30H27ClN8O4S/c31-25-18-34-30-36-24-13-20(16-33-17-24)5-6-21-14-23(35-29(25)37-30)7-8-26(21)43-19-28(40)38-9-11-39(12-10-38)44(41,42)27-4-2-1-3-22(27)15-32/h1-4,7-8,13-14,16-18H,5-6,9-12,19H2,(H2,34,35,36,37). The molecule has 1 saturated heterocycles. The number of pyridine rings is 1. The number of halogens is 1. The summed E-state index contributed by atoms with van der Waals surface area (Å²) in [5.74, 6) is 1.12. The molecular weight excluding hydrogens is 604 g/mol. The molecule has 4 heterocycles. The van der Waals surface area contributed by atoms with Gasteiger partial charge in [-0.25, -0.2) is 13.4 Å². The molecule has 0 saturated carbocycles. The van der Waals surface area contributed by atoms with Crippen molar-refractivity contribution in [3.05, 3.63) is 88.8 Å². The van der Waals surface area contributed by atoms with Gasteiger partial charge in [0.25, 0.3) is 5.91 Å². The molecule has 0 radical (unpaired) electrons. The van der Waals surface area contributed by atoms with Crippen LogP contribution in [0, 0.1) is 11.3 Å². The Morgan fingerprint density at radius 3 is 2.64 bits per heavy atom. The van der Waals surface area contributed by atoms with Crippen LogP contribution in [0.4, 0.5) is 23.1 Å². The van der Waals surface area contributed by atoms with E-state index in [2.05, 4.69) is 25.6 Å². The predicted octanol–water partition coefficient (Wildman–Crippen LogP) is 3.89. The number of aromatic nitrogens is 3. The number of fused-ring (bicyclic) bond motifs is 6. The summed E-state index contributed by atoms with van der Waals surface area (Å²) in [7, 11) is -3.86. The van der Waals surface area contributed by atoms with E-state index in [9.17, 15) is 18.5 Å². The number of amides is 1. The Morgan fingerprint density at radius 2 is 1.82 bits per heavy atom. The number of rotatable bonds is 5. The van der Waals surface area contributed by atoms with Crippen molar-refractivity contribution in [1.29, 1.82) is 5.26 Å². The smallest absolute Gasteiger partial charge is 0.260 e. The molecule has 2 aliphatic rings. The van der Waals surface area contributed by atoms with E-state index in [-0.39, 0.29) is 49.2 Å². The lowest BCUT2D eigenvalue weighted by Gasteiger charge is -2.34. The Hall–Kier alpha value is -4.77. The predicted molar refractivity (Wildman–Crippen MR) is 164 cm³/mol. The number of benzene rings is 2. The molecule has 4 aromatic rings. The molecule has 0 aliphatic carbocycles. The van der Waals surface area contributed by atoms with Crippen LogP contribution in [0.15, 0.2) is 72.0 Å². The number of sulfonamides is 1. The number of nitriles is 1. The molecule has 6 bridgehead atoms. The van der Waals surface area contributed by atoms with Crippen LogP contribution >= 0.6 is 11.6 Å². The largest absolute Gasteiger partial charge is 0.483 e. The lowest BCUT2D eigenvalue weighted by molar-refractivity contribution is -0.134. The van der Waals surface area contributed by atoms with Gasteiger partial charge in [0.05, 0.1) is 28.5 Å². The van der Waals surface area contributed by atoms with Gasteiger partial charge in [0.1, 0.15) is 16.8 Å². The minimum Gasteiger partial charge on any atom is -0.483 e. The molecule has 0 atom stereocenters. The molecule has 6 rings (SSSR count). The summed E-state index contributed by atoms with van der Waals surface area (Å²) >= 11 is 6.36. The van der Waals surface area contributed by atoms with Gasteiger partial charge < -0.3 is 20.3 Å². The first-order chi connectivity index (χ1) is 21.3. The fraction of sp³-hybridized carbons (Fsp3) is 0.233. The quantitative estimate of drug-likeness (QED) is 0.332. The van der Waals surface area contributed by atoms with Gasteiger partial charge in [-0.3, -0.25) is 9.78 Å². The minimum atomic E-state index is -3.86. The maximum Gasteiger partial charge on any atom is 0.260 e. The normalized spacial score (nSPS) is 15.0. The summed E-state index contributed by atoms with van der Waals surface area (Å²) in [4.78, 5) is 27.7. The third kappa shape index (κ3) is 6.28. The van der Waals surface area contributed by atoms with E-state index in [1.54, 1.807) is 35.5 Å². The third-order valence-electron chi connectivity index (χ3n) is 7.37. The first kappa shape index (κ1) is 29.3. The van der Waals surface area contributed by atoms with Crippen LogP contribution in [0.2, 0.25) is 5.02 Å². The van der Waals surface area contributed by atoms with Crippen molar-refractivity contribution >= 4 is 50.7 Å². The van der Waals surface area contributed by atoms with Crippen molar-refractivity contribution < 1.29 is 17.9 Å². The number of ether oxygens (including phenoxy) is 1. The second kappa shape index (κ2) is 12.5. The second-order valence-corrected chi connectivity index (χ2v) is 12.5. The summed E-state index contributed by atoms with van der Waals surface area (Å²) in [6.45, 7) is 0.463. The zero-order valence-electron chi connectivity index (χ0n) is 23.4. The summed E-state index contributed by atoms with van der Waals surface area (Å²) in [5, 5.41) is 16.1. The molecule has 224 valence electrons. The fourth-order valence-corrected chi connectivity index (χ4v) is 6.78. The SMILES string of the molecule is N#Cc1ccccc1S(=O)(=O)N1CCN(C(=O)COc2ccc3cc2CCc2cncc(c2)Nc2ncc(Cl)c(n2)N3)CC1. The van der Waals surface area contributed by atoms with E-state index < -0.39 is 10.0 Å². The Balaban J connectivity index is 1.14. The topological polar surface area (TPSA) is 153 Å². The number of carbonyl (C=O) groups is 1. The van der Waals surface area contributed by atoms with Gasteiger partial charge in [0.15, 0.2) is 12.4 Å². The lowest BCUT2D eigenvalue weighted by atomic mass is 10.0. The van der Waals surface area contributed by atoms with Gasteiger partial charge >= 0.3 is 0 Å². The summed E-state index contributed by atoms with van der Waals surface area (Å²) in [6.07, 6.45) is 6.28. The van der Waals surface area contributed by atoms with Crippen molar-refractivity contribution in [2.45, 2.75) is 17.7 Å². The number of nitrogens with zero attached hydrogens (tertiary/aromatic N) is 6. The third-order valence-corrected chi connectivity index (χ3v) is 9.60. The van der Waals surface area contributed by atoms with Crippen LogP contribution in [0.1, 0.15) is 16.7 Å². The van der Waals surface area contributed by atoms with Gasteiger partial charge in [-0.1, -0.05) is 23.7 Å². The van der Waals surface area contributed by atoms with Crippen LogP contribution in [-0.2, 0) is 27.7 Å². The van der Waals surface area contributed by atoms with E-state index in [1.807, 2.05) is 24.3 Å². The van der Waals surface area contributed by atoms with Crippen LogP contribution in [0.25, 0.3) is 0 Å². The minimum absolute atomic E-state index is 0.0288. The second-order valence-electron chi connectivity index (χ2n) is 10.2. The Labute approximate surface area is 259 Å². The van der Waals surface area contributed by atoms with E-state index >= 15 is 0 Å². The maximum atomic E-state index is 13.2. The Kier molecular flexibility index (Phi) is 8.30. The first-order valence-electron chi connectivity index (χ1n) is 13.8. The maximum absolute atomic E-state index is 13.2. The van der Waals surface area contributed by atoms with Crippen LogP contribution in [0.5, 0.6) is 5.75 Å². The number of anilines is 4. The summed E-state index contributed by atoms with van der Waals surface area (Å²) < 4.78 is 33.7. The molecule has 0 unspecified atom stereocenters. The monoisotopic (exact) mass is 630 g/mol. The molecule has 1 amide bonds. The highest BCUT2D eigenvalue weighted by Crippen LogP contribution is 2.30. The highest BCUT2D eigenvalue weighted by atomic mass is 35.5. The number of nitrogens with one attached hydrogen (secondary N) is 2. The van der Waals surface area contributed by atoms with E-state index in [0.717, 1.165) is 22.5 Å². The van der Waals surface area contributed by atoms with Gasteiger partial charge in [-0.05, 0) is 60.4 Å². The molecule has 2 aromatic heterocycles. The molecule has 2 aromatic carbocycles. The average Bonchev–Trinajstić information content (AvgIpc) is 3.05. The number of hydrogen-bond donors (Lipinski definition) is 2. The zero-order chi connectivity index (χ0) is 30.7. The van der Waals surface area contributed by atoms with Crippen molar-refractivity contribution in [2.75, 3.05) is 43.4 Å². The number of hydrogen-bond acceptors (Lipinski definition) is 10. The van der Waals surface area contributed by atoms with Crippen molar-refractivity contribution in [3.8, 4) is 11.8 Å². The van der Waals surface area contributed by atoms with Crippen LogP contribution < -0.4 is 15.4 Å². The van der Waals surface area contributed by atoms with Crippen LogP contribution in [0.3, 0.4) is 0 Å². The summed E-state index contributed by atoms with van der Waals surface area (Å²) in [6, 6.07) is 15.6. The molecule has 0 spiro atoms. The van der Waals surface area contributed by atoms with Gasteiger partial charge in [0.2, 0.25) is 16.0 Å². The van der Waals surface area contributed by atoms with E-state index in [4.69, 9.17) is 16.3 Å².